The van der Waals surface area contributed by atoms with Gasteiger partial charge in [-0.1, -0.05) is 172 Å². The largest absolute Gasteiger partial charge is 0.375 e. The van der Waals surface area contributed by atoms with E-state index in [1.807, 2.05) is 6.08 Å². The van der Waals surface area contributed by atoms with Crippen LogP contribution in [0.3, 0.4) is 0 Å². The first kappa shape index (κ1) is 45.3. The van der Waals surface area contributed by atoms with E-state index in [0.717, 1.165) is 37.7 Å². The van der Waals surface area contributed by atoms with E-state index in [9.17, 15) is 0 Å². The highest BCUT2D eigenvalue weighted by Crippen LogP contribution is 2.40. The van der Waals surface area contributed by atoms with Crippen LogP contribution >= 0.6 is 0 Å². The molecule has 1 aliphatic carbocycles. The van der Waals surface area contributed by atoms with Crippen LogP contribution in [0.15, 0.2) is 108 Å². The maximum Gasteiger partial charge on any atom is 0.0579 e. The van der Waals surface area contributed by atoms with Crippen molar-refractivity contribution in [2.45, 2.75) is 177 Å². The van der Waals surface area contributed by atoms with Crippen molar-refractivity contribution in [2.75, 3.05) is 0 Å². The standard InChI is InChI=1S/C40H56.C11H22O/c1-10-15-21-36-26-25-34(24-23-30(6)17-11-2)29-40(36)38(19-13-4)39(28-31(7)18-12-3)33(9)37-22-16-20-32(8)27-35(37)14-5;1-3-5-6-7-11-9-8-10(4-2)12-11/h13,16-17,19-20,22,25-29,31,35H,4,9-12,14-15,18,21,23-24H2,1-3,5-8H3;10-11H,3-9H2,1-2H3/b30-17-,38-19-,39-28+;/t;10-,11?/m.1/s1. The summed E-state index contributed by atoms with van der Waals surface area (Å²) in [5.74, 6) is 0.824. The zero-order valence-corrected chi connectivity index (χ0v) is 35.3. The normalized spacial score (nSPS) is 20.1. The molecule has 1 nitrogen and oxygen atoms in total. The van der Waals surface area contributed by atoms with Crippen molar-refractivity contribution in [2.24, 2.45) is 11.8 Å². The van der Waals surface area contributed by atoms with E-state index < -0.39 is 0 Å². The fourth-order valence-electron chi connectivity index (χ4n) is 7.65. The lowest BCUT2D eigenvalue weighted by Crippen LogP contribution is -2.09. The molecule has 1 aromatic carbocycles. The lowest BCUT2D eigenvalue weighted by molar-refractivity contribution is 0.0375. The summed E-state index contributed by atoms with van der Waals surface area (Å²) >= 11 is 0. The molecule has 52 heavy (non-hydrogen) atoms. The summed E-state index contributed by atoms with van der Waals surface area (Å²) in [6.07, 6.45) is 38.6. The maximum atomic E-state index is 5.86. The van der Waals surface area contributed by atoms with E-state index in [-0.39, 0.29) is 0 Å². The van der Waals surface area contributed by atoms with Crippen LogP contribution in [0, 0.1) is 11.8 Å². The molecule has 0 bridgehead atoms. The highest BCUT2D eigenvalue weighted by atomic mass is 16.5. The van der Waals surface area contributed by atoms with E-state index in [2.05, 4.69) is 130 Å². The molecule has 0 amide bonds. The fraction of sp³-hybridized carbons (Fsp3) is 0.569. The van der Waals surface area contributed by atoms with Crippen LogP contribution in [-0.2, 0) is 17.6 Å². The van der Waals surface area contributed by atoms with Crippen LogP contribution in [0.1, 0.15) is 169 Å². The Kier molecular flexibility index (Phi) is 22.6. The van der Waals surface area contributed by atoms with Crippen molar-refractivity contribution in [1.29, 1.82) is 0 Å². The first-order valence-electron chi connectivity index (χ1n) is 21.4. The summed E-state index contributed by atoms with van der Waals surface area (Å²) < 4.78 is 5.86. The molecule has 0 spiro atoms. The summed E-state index contributed by atoms with van der Waals surface area (Å²) in [6.45, 7) is 29.3. The van der Waals surface area contributed by atoms with Crippen LogP contribution in [0.25, 0.3) is 5.57 Å². The monoisotopic (exact) mass is 707 g/mol. The van der Waals surface area contributed by atoms with Gasteiger partial charge in [-0.25, -0.2) is 0 Å². The van der Waals surface area contributed by atoms with Crippen molar-refractivity contribution in [3.05, 3.63) is 125 Å². The van der Waals surface area contributed by atoms with Gasteiger partial charge in [0, 0.05) is 5.92 Å². The highest BCUT2D eigenvalue weighted by Gasteiger charge is 2.24. The summed E-state index contributed by atoms with van der Waals surface area (Å²) in [7, 11) is 0. The Hall–Kier alpha value is -2.90. The van der Waals surface area contributed by atoms with Crippen molar-refractivity contribution in [3.8, 4) is 0 Å². The first-order chi connectivity index (χ1) is 25.1. The third-order valence-corrected chi connectivity index (χ3v) is 10.8. The SMILES string of the molecule is C=C/C=C(/C(=C/C(C)CCC)C(=C)C1=CC=CC(C)=CC1CC)c1cc(CC/C(C)=C\CC)ccc1CCCC.CCCCCC1CC[C@@H](CC)O1. The average Bonchev–Trinajstić information content (AvgIpc) is 3.52. The Balaban J connectivity index is 0.000000657. The van der Waals surface area contributed by atoms with Crippen LogP contribution in [0.2, 0.25) is 0 Å². The molecule has 4 atom stereocenters. The molecule has 1 aromatic rings. The van der Waals surface area contributed by atoms with E-state index in [0.29, 0.717) is 24.0 Å². The molecule has 1 heteroatoms. The molecule has 2 aliphatic rings. The second-order valence-corrected chi connectivity index (χ2v) is 15.5. The second kappa shape index (κ2) is 26.0. The molecule has 0 aromatic heterocycles. The molecule has 3 rings (SSSR count). The van der Waals surface area contributed by atoms with Gasteiger partial charge in [-0.2, -0.15) is 0 Å². The quantitative estimate of drug-likeness (QED) is 0.0702. The Labute approximate surface area is 322 Å². The molecule has 288 valence electrons. The van der Waals surface area contributed by atoms with Gasteiger partial charge in [-0.05, 0) is 129 Å². The van der Waals surface area contributed by atoms with E-state index in [1.54, 1.807) is 0 Å². The van der Waals surface area contributed by atoms with Crippen LogP contribution in [0.5, 0.6) is 0 Å². The lowest BCUT2D eigenvalue weighted by Gasteiger charge is -2.25. The number of allylic oxidation sites excluding steroid dienone is 14. The Morgan fingerprint density at radius 1 is 0.942 bits per heavy atom. The van der Waals surface area contributed by atoms with Gasteiger partial charge in [0.1, 0.15) is 0 Å². The van der Waals surface area contributed by atoms with Crippen molar-refractivity contribution in [1.82, 2.24) is 0 Å². The van der Waals surface area contributed by atoms with Gasteiger partial charge in [0.15, 0.2) is 0 Å². The number of aryl methyl sites for hydroxylation is 2. The van der Waals surface area contributed by atoms with Crippen molar-refractivity contribution in [3.63, 3.8) is 0 Å². The summed E-state index contributed by atoms with van der Waals surface area (Å²) in [6, 6.07) is 7.21. The third kappa shape index (κ3) is 15.6. The van der Waals surface area contributed by atoms with Gasteiger partial charge in [0.05, 0.1) is 12.2 Å². The molecule has 0 saturated carbocycles. The molecule has 0 radical (unpaired) electrons. The molecular weight excluding hydrogens is 629 g/mol. The third-order valence-electron chi connectivity index (χ3n) is 10.8. The molecule has 1 saturated heterocycles. The number of benzene rings is 1. The van der Waals surface area contributed by atoms with Gasteiger partial charge in [-0.3, -0.25) is 0 Å². The number of hydrogen-bond acceptors (Lipinski definition) is 1. The zero-order chi connectivity index (χ0) is 38.3. The topological polar surface area (TPSA) is 9.23 Å². The molecule has 1 heterocycles. The van der Waals surface area contributed by atoms with Crippen molar-refractivity contribution < 1.29 is 4.74 Å². The smallest absolute Gasteiger partial charge is 0.0579 e. The van der Waals surface area contributed by atoms with E-state index >= 15 is 0 Å². The second-order valence-electron chi connectivity index (χ2n) is 15.5. The predicted octanol–water partition coefficient (Wildman–Crippen LogP) is 15.8. The molecular formula is C51H78O. The molecule has 3 unspecified atom stereocenters. The number of rotatable bonds is 21. The Bertz CT molecular complexity index is 1400. The summed E-state index contributed by atoms with van der Waals surface area (Å²) in [5, 5.41) is 0. The Morgan fingerprint density at radius 2 is 1.69 bits per heavy atom. The minimum Gasteiger partial charge on any atom is -0.375 e. The molecule has 0 N–H and O–H groups in total. The van der Waals surface area contributed by atoms with Gasteiger partial charge >= 0.3 is 0 Å². The van der Waals surface area contributed by atoms with Crippen LogP contribution in [-0.4, -0.2) is 12.2 Å². The Morgan fingerprint density at radius 3 is 2.33 bits per heavy atom. The van der Waals surface area contributed by atoms with E-state index in [4.69, 9.17) is 11.3 Å². The average molecular weight is 707 g/mol. The van der Waals surface area contributed by atoms with Gasteiger partial charge in [0.25, 0.3) is 0 Å². The van der Waals surface area contributed by atoms with E-state index in [1.165, 1.54) is 115 Å². The number of hydrogen-bond donors (Lipinski definition) is 0. The lowest BCUT2D eigenvalue weighted by atomic mass is 9.79. The number of unbranched alkanes of at least 4 members (excludes halogenated alkanes) is 3. The molecule has 1 fully saturated rings. The van der Waals surface area contributed by atoms with Gasteiger partial charge in [-0.15, -0.1) is 0 Å². The zero-order valence-electron chi connectivity index (χ0n) is 35.3. The van der Waals surface area contributed by atoms with Gasteiger partial charge in [0.2, 0.25) is 0 Å². The highest BCUT2D eigenvalue weighted by molar-refractivity contribution is 5.88. The minimum atomic E-state index is 0.358. The predicted molar refractivity (Wildman–Crippen MR) is 234 cm³/mol. The maximum absolute atomic E-state index is 5.86. The first-order valence-corrected chi connectivity index (χ1v) is 21.4. The number of ether oxygens (including phenoxy) is 1. The van der Waals surface area contributed by atoms with Gasteiger partial charge < -0.3 is 4.74 Å². The fourth-order valence-corrected chi connectivity index (χ4v) is 7.65. The summed E-state index contributed by atoms with van der Waals surface area (Å²) in [5.41, 5.74) is 12.0. The van der Waals surface area contributed by atoms with Crippen molar-refractivity contribution >= 4 is 5.57 Å². The summed E-state index contributed by atoms with van der Waals surface area (Å²) in [4.78, 5) is 0. The van der Waals surface area contributed by atoms with Crippen LogP contribution < -0.4 is 0 Å². The minimum absolute atomic E-state index is 0.358. The molecule has 1 aliphatic heterocycles. The van der Waals surface area contributed by atoms with Crippen LogP contribution in [0.4, 0.5) is 0 Å².